The minimum absolute atomic E-state index is 0.442. The van der Waals surface area contributed by atoms with Crippen LogP contribution in [0, 0.1) is 0 Å². The number of aromatic nitrogens is 1. The number of rotatable bonds is 2. The Morgan fingerprint density at radius 3 is 2.63 bits per heavy atom. The molecule has 2 aromatic rings. The van der Waals surface area contributed by atoms with E-state index in [-0.39, 0.29) is 0 Å². The molecule has 2 heterocycles. The molecule has 92 valence electrons. The van der Waals surface area contributed by atoms with E-state index >= 15 is 0 Å². The van der Waals surface area contributed by atoms with Crippen molar-refractivity contribution in [2.24, 2.45) is 5.16 Å². The molecule has 0 bridgehead atoms. The number of oxime groups is 1. The van der Waals surface area contributed by atoms with E-state index in [2.05, 4.69) is 10.1 Å². The fraction of sp³-hybridized carbons (Fsp3) is 0. The fourth-order valence-electron chi connectivity index (χ4n) is 1.84. The summed E-state index contributed by atoms with van der Waals surface area (Å²) < 4.78 is 0. The lowest BCUT2D eigenvalue weighted by Gasteiger charge is -1.99. The van der Waals surface area contributed by atoms with Gasteiger partial charge < -0.3 is 4.84 Å². The third-order valence-electron chi connectivity index (χ3n) is 2.74. The van der Waals surface area contributed by atoms with Crippen molar-refractivity contribution in [3.8, 4) is 0 Å². The molecule has 1 aliphatic rings. The second-order valence-corrected chi connectivity index (χ2v) is 4.03. The summed E-state index contributed by atoms with van der Waals surface area (Å²) >= 11 is 0. The van der Waals surface area contributed by atoms with E-state index in [4.69, 9.17) is 4.84 Å². The summed E-state index contributed by atoms with van der Waals surface area (Å²) in [5.41, 5.74) is 2.68. The van der Waals surface area contributed by atoms with Gasteiger partial charge in [0.2, 0.25) is 0 Å². The molecule has 4 nitrogen and oxygen atoms in total. The predicted molar refractivity (Wildman–Crippen MR) is 71.3 cm³/mol. The van der Waals surface area contributed by atoms with E-state index < -0.39 is 5.97 Å². The molecule has 1 aromatic carbocycles. The number of carbonyl (C=O) groups is 1. The molecule has 1 aliphatic heterocycles. The molecule has 1 aromatic heterocycles. The van der Waals surface area contributed by atoms with Crippen LogP contribution in [0.3, 0.4) is 0 Å². The number of nitrogens with zero attached hydrogens (tertiary/aromatic N) is 2. The first-order chi connectivity index (χ1) is 9.34. The van der Waals surface area contributed by atoms with Crippen molar-refractivity contribution in [1.29, 1.82) is 0 Å². The van der Waals surface area contributed by atoms with Crippen LogP contribution >= 0.6 is 0 Å². The molecule has 0 aliphatic carbocycles. The van der Waals surface area contributed by atoms with Gasteiger partial charge in [0.1, 0.15) is 5.71 Å². The van der Waals surface area contributed by atoms with Gasteiger partial charge in [0.25, 0.3) is 0 Å². The minimum Gasteiger partial charge on any atom is -0.312 e. The van der Waals surface area contributed by atoms with Crippen molar-refractivity contribution in [2.75, 3.05) is 0 Å². The first-order valence-corrected chi connectivity index (χ1v) is 5.81. The molecule has 0 amide bonds. The quantitative estimate of drug-likeness (QED) is 0.607. The highest BCUT2D eigenvalue weighted by Crippen LogP contribution is 2.20. The Balaban J connectivity index is 2.02. The van der Waals surface area contributed by atoms with Gasteiger partial charge in [-0.2, -0.15) is 0 Å². The normalized spacial score (nSPS) is 16.3. The molecular formula is C15H10N2O2. The van der Waals surface area contributed by atoms with E-state index in [1.165, 1.54) is 0 Å². The molecule has 0 N–H and O–H groups in total. The molecule has 0 unspecified atom stereocenters. The third kappa shape index (κ3) is 2.28. The Morgan fingerprint density at radius 2 is 1.89 bits per heavy atom. The number of hydrogen-bond acceptors (Lipinski definition) is 4. The van der Waals surface area contributed by atoms with Crippen molar-refractivity contribution >= 4 is 17.8 Å². The average Bonchev–Trinajstić information content (AvgIpc) is 2.82. The Morgan fingerprint density at radius 1 is 1.05 bits per heavy atom. The maximum absolute atomic E-state index is 11.7. The summed E-state index contributed by atoms with van der Waals surface area (Å²) in [4.78, 5) is 20.5. The van der Waals surface area contributed by atoms with E-state index in [0.717, 1.165) is 11.1 Å². The summed E-state index contributed by atoms with van der Waals surface area (Å²) in [5.74, 6) is -0.442. The van der Waals surface area contributed by atoms with E-state index in [0.29, 0.717) is 11.3 Å². The summed E-state index contributed by atoms with van der Waals surface area (Å²) in [7, 11) is 0. The van der Waals surface area contributed by atoms with Crippen molar-refractivity contribution in [3.63, 3.8) is 0 Å². The van der Waals surface area contributed by atoms with Gasteiger partial charge in [-0.15, -0.1) is 0 Å². The molecule has 3 rings (SSSR count). The van der Waals surface area contributed by atoms with Gasteiger partial charge in [-0.05, 0) is 17.7 Å². The van der Waals surface area contributed by atoms with Crippen LogP contribution in [0.2, 0.25) is 0 Å². The predicted octanol–water partition coefficient (Wildman–Crippen LogP) is 2.43. The lowest BCUT2D eigenvalue weighted by Crippen LogP contribution is -2.06. The maximum atomic E-state index is 11.7. The molecule has 0 atom stereocenters. The molecule has 0 saturated heterocycles. The van der Waals surface area contributed by atoms with Gasteiger partial charge in [-0.25, -0.2) is 4.79 Å². The average molecular weight is 250 g/mol. The van der Waals surface area contributed by atoms with Gasteiger partial charge in [0.15, 0.2) is 0 Å². The number of benzene rings is 1. The Hall–Kier alpha value is -2.75. The molecule has 4 heteroatoms. The van der Waals surface area contributed by atoms with Gasteiger partial charge in [-0.3, -0.25) is 4.98 Å². The van der Waals surface area contributed by atoms with Crippen LogP contribution in [0.15, 0.2) is 65.6 Å². The summed E-state index contributed by atoms with van der Waals surface area (Å²) in [5, 5.41) is 3.84. The van der Waals surface area contributed by atoms with Crippen molar-refractivity contribution in [2.45, 2.75) is 0 Å². The van der Waals surface area contributed by atoms with Crippen LogP contribution in [0.1, 0.15) is 11.1 Å². The molecule has 19 heavy (non-hydrogen) atoms. The Bertz CT molecular complexity index is 661. The Kier molecular flexibility index (Phi) is 2.90. The van der Waals surface area contributed by atoms with Gasteiger partial charge in [-0.1, -0.05) is 41.6 Å². The zero-order valence-corrected chi connectivity index (χ0v) is 9.98. The van der Waals surface area contributed by atoms with Crippen LogP contribution in [-0.4, -0.2) is 16.7 Å². The number of carbonyl (C=O) groups excluding carboxylic acids is 1. The second-order valence-electron chi connectivity index (χ2n) is 4.03. The number of pyridine rings is 1. The van der Waals surface area contributed by atoms with E-state index in [1.54, 1.807) is 18.5 Å². The van der Waals surface area contributed by atoms with E-state index in [9.17, 15) is 4.79 Å². The summed E-state index contributed by atoms with van der Waals surface area (Å²) in [6.07, 6.45) is 5.09. The van der Waals surface area contributed by atoms with E-state index in [1.807, 2.05) is 42.5 Å². The lowest BCUT2D eigenvalue weighted by atomic mass is 10.0. The fourth-order valence-corrected chi connectivity index (χ4v) is 1.84. The number of hydrogen-bond donors (Lipinski definition) is 0. The van der Waals surface area contributed by atoms with Crippen molar-refractivity contribution in [1.82, 2.24) is 4.98 Å². The van der Waals surface area contributed by atoms with Crippen LogP contribution < -0.4 is 0 Å². The monoisotopic (exact) mass is 250 g/mol. The lowest BCUT2D eigenvalue weighted by molar-refractivity contribution is -0.136. The molecule has 0 saturated carbocycles. The Labute approximate surface area is 110 Å². The molecule has 0 fully saturated rings. The molecule has 0 spiro atoms. The van der Waals surface area contributed by atoms with Crippen molar-refractivity contribution in [3.05, 3.63) is 71.6 Å². The highest BCUT2D eigenvalue weighted by molar-refractivity contribution is 6.31. The van der Waals surface area contributed by atoms with Crippen LogP contribution in [0.25, 0.3) is 6.08 Å². The second kappa shape index (κ2) is 4.86. The topological polar surface area (TPSA) is 51.5 Å². The zero-order chi connectivity index (χ0) is 13.1. The SMILES string of the molecule is O=C1ON=C(c2ccccc2)/C1=C/c1cccnc1. The van der Waals surface area contributed by atoms with Crippen LogP contribution in [0.4, 0.5) is 0 Å². The highest BCUT2D eigenvalue weighted by Gasteiger charge is 2.26. The minimum atomic E-state index is -0.442. The van der Waals surface area contributed by atoms with Gasteiger partial charge in [0, 0.05) is 18.0 Å². The highest BCUT2D eigenvalue weighted by atomic mass is 16.7. The van der Waals surface area contributed by atoms with Gasteiger partial charge in [0.05, 0.1) is 5.57 Å². The zero-order valence-electron chi connectivity index (χ0n) is 9.98. The smallest absolute Gasteiger partial charge is 0.312 e. The largest absolute Gasteiger partial charge is 0.368 e. The van der Waals surface area contributed by atoms with Crippen molar-refractivity contribution < 1.29 is 9.63 Å². The third-order valence-corrected chi connectivity index (χ3v) is 2.74. The summed E-state index contributed by atoms with van der Waals surface area (Å²) in [6, 6.07) is 13.1. The molecule has 0 radical (unpaired) electrons. The first-order valence-electron chi connectivity index (χ1n) is 5.81. The standard InChI is InChI=1S/C15H10N2O2/c18-15-13(9-11-5-4-8-16-10-11)14(17-19-15)12-6-2-1-3-7-12/h1-10H/b13-9-. The summed E-state index contributed by atoms with van der Waals surface area (Å²) in [6.45, 7) is 0. The van der Waals surface area contributed by atoms with Crippen LogP contribution in [0.5, 0.6) is 0 Å². The molecular weight excluding hydrogens is 240 g/mol. The maximum Gasteiger partial charge on any atom is 0.368 e. The first kappa shape index (κ1) is 11.3. The van der Waals surface area contributed by atoms with Gasteiger partial charge >= 0.3 is 5.97 Å². The van der Waals surface area contributed by atoms with Crippen LogP contribution in [-0.2, 0) is 9.63 Å².